The number of hydrogen-bond acceptors (Lipinski definition) is 4. The molecule has 0 saturated carbocycles. The number of carbonyl (C=O) groups is 3. The zero-order valence-corrected chi connectivity index (χ0v) is 10.8. The van der Waals surface area contributed by atoms with Crippen LogP contribution < -0.4 is 10.6 Å². The number of aliphatic carboxylic acids is 1. The van der Waals surface area contributed by atoms with Crippen LogP contribution in [0.2, 0.25) is 0 Å². The molecule has 1 aromatic rings. The lowest BCUT2D eigenvalue weighted by Gasteiger charge is -2.12. The molecule has 0 fully saturated rings. The normalized spacial score (nSPS) is 11.4. The van der Waals surface area contributed by atoms with E-state index in [1.165, 1.54) is 24.7 Å². The number of carboxylic acid groups (broad SMARTS) is 1. The van der Waals surface area contributed by atoms with Crippen molar-refractivity contribution in [1.29, 1.82) is 0 Å². The first kappa shape index (κ1) is 15.5. The highest BCUT2D eigenvalue weighted by Gasteiger charge is 2.18. The minimum Gasteiger partial charge on any atom is -0.480 e. The molecule has 0 aromatic carbocycles. The number of rotatable bonds is 8. The first-order valence-corrected chi connectivity index (χ1v) is 5.98. The molecule has 20 heavy (non-hydrogen) atoms. The Hall–Kier alpha value is -2.57. The third-order valence-corrected chi connectivity index (χ3v) is 2.46. The average Bonchev–Trinajstić information content (AvgIpc) is 2.91. The van der Waals surface area contributed by atoms with Crippen molar-refractivity contribution >= 4 is 17.8 Å². The maximum atomic E-state index is 11.5. The van der Waals surface area contributed by atoms with Crippen molar-refractivity contribution < 1.29 is 23.9 Å². The SMILES string of the molecule is C=CCC(NC(=O)CCNC(=O)c1ccoc1)C(=O)O. The number of amides is 2. The van der Waals surface area contributed by atoms with Gasteiger partial charge in [0.05, 0.1) is 11.8 Å². The monoisotopic (exact) mass is 280 g/mol. The number of nitrogens with one attached hydrogen (secondary N) is 2. The van der Waals surface area contributed by atoms with Crippen molar-refractivity contribution in [2.24, 2.45) is 0 Å². The van der Waals surface area contributed by atoms with E-state index in [-0.39, 0.29) is 25.3 Å². The van der Waals surface area contributed by atoms with Crippen LogP contribution in [-0.4, -0.2) is 35.5 Å². The quantitative estimate of drug-likeness (QED) is 0.602. The second-order valence-electron chi connectivity index (χ2n) is 4.00. The van der Waals surface area contributed by atoms with Gasteiger partial charge in [0.1, 0.15) is 12.3 Å². The molecule has 1 unspecified atom stereocenters. The van der Waals surface area contributed by atoms with Gasteiger partial charge in [0.2, 0.25) is 5.91 Å². The summed E-state index contributed by atoms with van der Waals surface area (Å²) < 4.78 is 4.75. The number of furan rings is 1. The molecule has 0 saturated heterocycles. The fourth-order valence-electron chi connectivity index (χ4n) is 1.44. The Balaban J connectivity index is 2.31. The Bertz CT molecular complexity index is 481. The van der Waals surface area contributed by atoms with Gasteiger partial charge in [0, 0.05) is 13.0 Å². The minimum absolute atomic E-state index is 0.00941. The molecule has 108 valence electrons. The highest BCUT2D eigenvalue weighted by atomic mass is 16.4. The zero-order chi connectivity index (χ0) is 15.0. The Kier molecular flexibility index (Phi) is 6.02. The van der Waals surface area contributed by atoms with Crippen LogP contribution in [0.25, 0.3) is 0 Å². The summed E-state index contributed by atoms with van der Waals surface area (Å²) in [5.74, 6) is -1.93. The molecule has 0 aliphatic carbocycles. The summed E-state index contributed by atoms with van der Waals surface area (Å²) in [6.45, 7) is 3.53. The highest BCUT2D eigenvalue weighted by Crippen LogP contribution is 1.99. The van der Waals surface area contributed by atoms with E-state index in [4.69, 9.17) is 9.52 Å². The van der Waals surface area contributed by atoms with Gasteiger partial charge in [-0.15, -0.1) is 6.58 Å². The number of hydrogen-bond donors (Lipinski definition) is 3. The van der Waals surface area contributed by atoms with Gasteiger partial charge in [-0.05, 0) is 12.5 Å². The summed E-state index contributed by atoms with van der Waals surface area (Å²) in [5, 5.41) is 13.7. The van der Waals surface area contributed by atoms with Crippen LogP contribution in [0.4, 0.5) is 0 Å². The van der Waals surface area contributed by atoms with Gasteiger partial charge < -0.3 is 20.2 Å². The molecule has 1 aromatic heterocycles. The third kappa shape index (κ3) is 4.97. The van der Waals surface area contributed by atoms with E-state index in [1.54, 1.807) is 0 Å². The van der Waals surface area contributed by atoms with E-state index < -0.39 is 17.9 Å². The Morgan fingerprint density at radius 3 is 2.75 bits per heavy atom. The van der Waals surface area contributed by atoms with Gasteiger partial charge in [-0.2, -0.15) is 0 Å². The molecule has 1 atom stereocenters. The van der Waals surface area contributed by atoms with Crippen molar-refractivity contribution in [3.8, 4) is 0 Å². The van der Waals surface area contributed by atoms with Crippen LogP contribution in [0, 0.1) is 0 Å². The molecule has 0 spiro atoms. The number of carboxylic acids is 1. The standard InChI is InChI=1S/C13H16N2O5/c1-2-3-10(13(18)19)15-11(16)4-6-14-12(17)9-5-7-20-8-9/h2,5,7-8,10H,1,3-4,6H2,(H,14,17)(H,15,16)(H,18,19). The van der Waals surface area contributed by atoms with E-state index in [0.717, 1.165) is 0 Å². The van der Waals surface area contributed by atoms with E-state index in [2.05, 4.69) is 17.2 Å². The first-order chi connectivity index (χ1) is 9.54. The molecular weight excluding hydrogens is 264 g/mol. The van der Waals surface area contributed by atoms with Gasteiger partial charge in [0.15, 0.2) is 0 Å². The lowest BCUT2D eigenvalue weighted by Crippen LogP contribution is -2.41. The fraction of sp³-hybridized carbons (Fsp3) is 0.308. The first-order valence-electron chi connectivity index (χ1n) is 5.98. The molecule has 1 heterocycles. The van der Waals surface area contributed by atoms with Gasteiger partial charge in [-0.1, -0.05) is 6.08 Å². The van der Waals surface area contributed by atoms with Crippen LogP contribution in [0.1, 0.15) is 23.2 Å². The summed E-state index contributed by atoms with van der Waals surface area (Å²) >= 11 is 0. The predicted octanol–water partition coefficient (Wildman–Crippen LogP) is 0.545. The average molecular weight is 280 g/mol. The topological polar surface area (TPSA) is 109 Å². The van der Waals surface area contributed by atoms with Crippen LogP contribution in [0.15, 0.2) is 35.7 Å². The summed E-state index contributed by atoms with van der Waals surface area (Å²) in [5.41, 5.74) is 0.362. The molecule has 7 heteroatoms. The third-order valence-electron chi connectivity index (χ3n) is 2.46. The molecule has 0 radical (unpaired) electrons. The van der Waals surface area contributed by atoms with E-state index in [9.17, 15) is 14.4 Å². The molecule has 0 aliphatic rings. The lowest BCUT2D eigenvalue weighted by molar-refractivity contribution is -0.141. The minimum atomic E-state index is -1.12. The van der Waals surface area contributed by atoms with Crippen LogP contribution in [0.5, 0.6) is 0 Å². The van der Waals surface area contributed by atoms with Gasteiger partial charge in [-0.3, -0.25) is 9.59 Å². The summed E-state index contributed by atoms with van der Waals surface area (Å²) in [7, 11) is 0. The Labute approximate surface area is 115 Å². The van der Waals surface area contributed by atoms with Gasteiger partial charge >= 0.3 is 5.97 Å². The second-order valence-corrected chi connectivity index (χ2v) is 4.00. The summed E-state index contributed by atoms with van der Waals surface area (Å²) in [6, 6.07) is 0.504. The van der Waals surface area contributed by atoms with Crippen LogP contribution >= 0.6 is 0 Å². The van der Waals surface area contributed by atoms with E-state index in [1.807, 2.05) is 0 Å². The van der Waals surface area contributed by atoms with Crippen LogP contribution in [-0.2, 0) is 9.59 Å². The summed E-state index contributed by atoms with van der Waals surface area (Å²) in [6.07, 6.45) is 4.21. The molecule has 1 rings (SSSR count). The molecule has 7 nitrogen and oxygen atoms in total. The fourth-order valence-corrected chi connectivity index (χ4v) is 1.44. The zero-order valence-electron chi connectivity index (χ0n) is 10.8. The largest absolute Gasteiger partial charge is 0.480 e. The molecule has 0 aliphatic heterocycles. The van der Waals surface area contributed by atoms with Crippen molar-refractivity contribution in [3.63, 3.8) is 0 Å². The Morgan fingerprint density at radius 2 is 2.20 bits per heavy atom. The van der Waals surface area contributed by atoms with Crippen molar-refractivity contribution in [2.75, 3.05) is 6.54 Å². The Morgan fingerprint density at radius 1 is 1.45 bits per heavy atom. The van der Waals surface area contributed by atoms with E-state index >= 15 is 0 Å². The molecule has 0 bridgehead atoms. The molecule has 2 amide bonds. The predicted molar refractivity (Wildman–Crippen MR) is 70.0 cm³/mol. The summed E-state index contributed by atoms with van der Waals surface area (Å²) in [4.78, 5) is 33.9. The second kappa shape index (κ2) is 7.78. The van der Waals surface area contributed by atoms with Gasteiger partial charge in [-0.25, -0.2) is 4.79 Å². The maximum Gasteiger partial charge on any atom is 0.326 e. The highest BCUT2D eigenvalue weighted by molar-refractivity contribution is 5.94. The molecule has 3 N–H and O–H groups in total. The van der Waals surface area contributed by atoms with Crippen LogP contribution in [0.3, 0.4) is 0 Å². The number of carbonyl (C=O) groups excluding carboxylic acids is 2. The van der Waals surface area contributed by atoms with Crippen molar-refractivity contribution in [1.82, 2.24) is 10.6 Å². The van der Waals surface area contributed by atoms with Gasteiger partial charge in [0.25, 0.3) is 5.91 Å². The molecular formula is C13H16N2O5. The van der Waals surface area contributed by atoms with Crippen molar-refractivity contribution in [3.05, 3.63) is 36.8 Å². The lowest BCUT2D eigenvalue weighted by atomic mass is 10.2. The van der Waals surface area contributed by atoms with E-state index in [0.29, 0.717) is 5.56 Å². The maximum absolute atomic E-state index is 11.5. The smallest absolute Gasteiger partial charge is 0.326 e. The van der Waals surface area contributed by atoms with Crippen molar-refractivity contribution in [2.45, 2.75) is 18.9 Å².